The molecule has 0 radical (unpaired) electrons. The van der Waals surface area contributed by atoms with Crippen molar-refractivity contribution in [3.8, 4) is 17.2 Å². The number of ether oxygens (including phenoxy) is 2. The van der Waals surface area contributed by atoms with Crippen LogP contribution in [0.3, 0.4) is 0 Å². The van der Waals surface area contributed by atoms with Crippen LogP contribution in [0.5, 0.6) is 11.5 Å². The van der Waals surface area contributed by atoms with E-state index in [2.05, 4.69) is 10.2 Å². The molecule has 0 spiro atoms. The number of methoxy groups -OCH3 is 1. The van der Waals surface area contributed by atoms with Gasteiger partial charge >= 0.3 is 0 Å². The summed E-state index contributed by atoms with van der Waals surface area (Å²) in [4.78, 5) is 11.1. The second kappa shape index (κ2) is 11.0. The van der Waals surface area contributed by atoms with Crippen LogP contribution < -0.4 is 9.47 Å². The summed E-state index contributed by atoms with van der Waals surface area (Å²) < 4.78 is 26.2. The van der Waals surface area contributed by atoms with E-state index in [1.165, 1.54) is 23.9 Å². The monoisotopic (exact) mass is 494 g/mol. The van der Waals surface area contributed by atoms with Crippen molar-refractivity contribution in [1.82, 2.24) is 14.8 Å². The van der Waals surface area contributed by atoms with Crippen LogP contribution in [0.4, 0.5) is 4.39 Å². The van der Waals surface area contributed by atoms with Crippen molar-refractivity contribution < 1.29 is 18.8 Å². The number of nitrogens with zero attached hydrogens (tertiary/aromatic N) is 4. The largest absolute Gasteiger partial charge is 0.497 e. The van der Waals surface area contributed by atoms with Gasteiger partial charge in [-0.2, -0.15) is 0 Å². The summed E-state index contributed by atoms with van der Waals surface area (Å²) in [7, 11) is 1.60. The number of halogens is 1. The van der Waals surface area contributed by atoms with Gasteiger partial charge in [0.2, 0.25) is 6.54 Å². The highest BCUT2D eigenvalue weighted by Crippen LogP contribution is 2.36. The molecule has 8 nitrogen and oxygen atoms in total. The van der Waals surface area contributed by atoms with Gasteiger partial charge in [-0.1, -0.05) is 36.0 Å². The predicted molar refractivity (Wildman–Crippen MR) is 130 cm³/mol. The fraction of sp³-hybridized carbons (Fsp3) is 0.200. The predicted octanol–water partition coefficient (Wildman–Crippen LogP) is 5.41. The summed E-state index contributed by atoms with van der Waals surface area (Å²) in [5, 5.41) is 19.9. The van der Waals surface area contributed by atoms with Crippen LogP contribution in [-0.4, -0.2) is 33.3 Å². The van der Waals surface area contributed by atoms with Crippen LogP contribution in [0.2, 0.25) is 0 Å². The molecule has 0 N–H and O–H groups in total. The van der Waals surface area contributed by atoms with Gasteiger partial charge < -0.3 is 9.47 Å². The van der Waals surface area contributed by atoms with E-state index >= 15 is 0 Å². The van der Waals surface area contributed by atoms with Crippen molar-refractivity contribution in [1.29, 1.82) is 0 Å². The number of rotatable bonds is 10. The lowest BCUT2D eigenvalue weighted by Gasteiger charge is -2.15. The van der Waals surface area contributed by atoms with Gasteiger partial charge in [0, 0.05) is 10.6 Å². The normalized spacial score (nSPS) is 11.7. The van der Waals surface area contributed by atoms with E-state index in [0.717, 1.165) is 17.0 Å². The first-order chi connectivity index (χ1) is 16.9. The lowest BCUT2D eigenvalue weighted by Crippen LogP contribution is -2.11. The van der Waals surface area contributed by atoms with E-state index in [1.54, 1.807) is 43.5 Å². The number of aromatic nitrogens is 3. The Balaban J connectivity index is 1.52. The summed E-state index contributed by atoms with van der Waals surface area (Å²) in [6, 6.07) is 20.7. The molecule has 35 heavy (non-hydrogen) atoms. The lowest BCUT2D eigenvalue weighted by atomic mass is 10.1. The van der Waals surface area contributed by atoms with Crippen molar-refractivity contribution in [3.63, 3.8) is 0 Å². The van der Waals surface area contributed by atoms with E-state index in [-0.39, 0.29) is 23.9 Å². The van der Waals surface area contributed by atoms with Crippen molar-refractivity contribution in [3.05, 3.63) is 106 Å². The smallest absolute Gasteiger partial charge is 0.220 e. The number of thioether (sulfide) groups is 1. The topological polar surface area (TPSA) is 92.3 Å². The highest BCUT2D eigenvalue weighted by atomic mass is 32.2. The maximum absolute atomic E-state index is 13.4. The zero-order chi connectivity index (χ0) is 24.8. The highest BCUT2D eigenvalue weighted by Gasteiger charge is 2.24. The molecule has 0 aliphatic heterocycles. The molecule has 4 aromatic rings. The summed E-state index contributed by atoms with van der Waals surface area (Å²) in [5.41, 5.74) is 2.30. The maximum atomic E-state index is 13.4. The van der Waals surface area contributed by atoms with Crippen LogP contribution in [0.15, 0.2) is 78.0 Å². The average molecular weight is 495 g/mol. The molecule has 0 unspecified atom stereocenters. The fourth-order valence-electron chi connectivity index (χ4n) is 3.49. The van der Waals surface area contributed by atoms with Crippen LogP contribution in [-0.2, 0) is 6.61 Å². The Hall–Kier alpha value is -3.92. The van der Waals surface area contributed by atoms with Crippen LogP contribution in [0.1, 0.15) is 22.2 Å². The van der Waals surface area contributed by atoms with Crippen molar-refractivity contribution in [2.75, 3.05) is 13.7 Å². The van der Waals surface area contributed by atoms with E-state index < -0.39 is 5.25 Å². The van der Waals surface area contributed by atoms with Gasteiger partial charge in [0.15, 0.2) is 5.16 Å². The van der Waals surface area contributed by atoms with Crippen LogP contribution in [0, 0.1) is 22.9 Å². The summed E-state index contributed by atoms with van der Waals surface area (Å²) in [6.07, 6.45) is 0. The number of hydrogen-bond donors (Lipinski definition) is 0. The van der Waals surface area contributed by atoms with Gasteiger partial charge in [-0.15, -0.1) is 10.2 Å². The third-order valence-electron chi connectivity index (χ3n) is 5.23. The summed E-state index contributed by atoms with van der Waals surface area (Å²) >= 11 is 1.27. The van der Waals surface area contributed by atoms with E-state index in [9.17, 15) is 14.5 Å². The summed E-state index contributed by atoms with van der Waals surface area (Å²) in [5.74, 6) is 1.65. The van der Waals surface area contributed by atoms with Gasteiger partial charge in [0.25, 0.3) is 0 Å². The Morgan fingerprint density at radius 1 is 1.06 bits per heavy atom. The van der Waals surface area contributed by atoms with Gasteiger partial charge in [-0.3, -0.25) is 14.7 Å². The molecule has 1 heterocycles. The Kier molecular flexibility index (Phi) is 7.61. The summed E-state index contributed by atoms with van der Waals surface area (Å²) in [6.45, 7) is 1.76. The van der Waals surface area contributed by atoms with E-state index in [0.29, 0.717) is 22.3 Å². The van der Waals surface area contributed by atoms with Crippen LogP contribution >= 0.6 is 11.8 Å². The quantitative estimate of drug-likeness (QED) is 0.165. The highest BCUT2D eigenvalue weighted by molar-refractivity contribution is 7.99. The molecule has 0 saturated heterocycles. The zero-order valence-electron chi connectivity index (χ0n) is 19.1. The molecular weight excluding hydrogens is 471 g/mol. The minimum absolute atomic E-state index is 0.217. The first kappa shape index (κ1) is 24.2. The van der Waals surface area contributed by atoms with E-state index in [4.69, 9.17) is 9.47 Å². The molecule has 0 saturated carbocycles. The van der Waals surface area contributed by atoms with Crippen molar-refractivity contribution >= 4 is 11.8 Å². The van der Waals surface area contributed by atoms with Gasteiger partial charge in [-0.05, 0) is 66.6 Å². The van der Waals surface area contributed by atoms with Crippen molar-refractivity contribution in [2.45, 2.75) is 23.9 Å². The third-order valence-corrected chi connectivity index (χ3v) is 6.42. The zero-order valence-corrected chi connectivity index (χ0v) is 19.9. The molecule has 1 atom stereocenters. The molecule has 0 aliphatic carbocycles. The molecule has 0 fully saturated rings. The van der Waals surface area contributed by atoms with E-state index in [1.807, 2.05) is 35.8 Å². The van der Waals surface area contributed by atoms with Crippen molar-refractivity contribution in [2.24, 2.45) is 0 Å². The molecule has 4 rings (SSSR count). The molecular formula is C25H23FN4O4S. The number of aryl methyl sites for hydroxylation is 1. The van der Waals surface area contributed by atoms with Crippen LogP contribution in [0.25, 0.3) is 5.69 Å². The molecule has 3 aromatic carbocycles. The Labute approximate surface area is 205 Å². The Bertz CT molecular complexity index is 1300. The SMILES string of the molecule is COc1ccc(-n2c(C)nnc2S[C@@H](C[N+](=O)[O-])c2ccc(OCc3cccc(F)c3)cc2)cc1. The van der Waals surface area contributed by atoms with Gasteiger partial charge in [0.1, 0.15) is 35.0 Å². The lowest BCUT2D eigenvalue weighted by molar-refractivity contribution is -0.479. The second-order valence-electron chi connectivity index (χ2n) is 7.67. The number of hydrogen-bond acceptors (Lipinski definition) is 7. The molecule has 0 bridgehead atoms. The first-order valence-corrected chi connectivity index (χ1v) is 11.6. The molecule has 10 heteroatoms. The minimum atomic E-state index is -0.497. The fourth-order valence-corrected chi connectivity index (χ4v) is 4.67. The Morgan fingerprint density at radius 3 is 2.43 bits per heavy atom. The number of benzene rings is 3. The maximum Gasteiger partial charge on any atom is 0.220 e. The minimum Gasteiger partial charge on any atom is -0.497 e. The second-order valence-corrected chi connectivity index (χ2v) is 8.84. The average Bonchev–Trinajstić information content (AvgIpc) is 3.22. The molecule has 0 amide bonds. The molecule has 0 aliphatic rings. The van der Waals surface area contributed by atoms with Gasteiger partial charge in [-0.25, -0.2) is 4.39 Å². The standard InChI is InChI=1S/C25H23FN4O4S/c1-17-27-28-25(30(17)21-8-12-22(33-2)13-9-21)35-24(15-29(31)32)19-6-10-23(11-7-19)34-16-18-4-3-5-20(26)14-18/h3-14,24H,15-16H2,1-2H3/t24-/m0/s1. The molecule has 1 aromatic heterocycles. The first-order valence-electron chi connectivity index (χ1n) is 10.7. The third kappa shape index (κ3) is 6.15. The molecule has 180 valence electrons. The Morgan fingerprint density at radius 2 is 1.77 bits per heavy atom. The van der Waals surface area contributed by atoms with Gasteiger partial charge in [0.05, 0.1) is 7.11 Å². The number of nitro groups is 1.